The highest BCUT2D eigenvalue weighted by Gasteiger charge is 2.25. The number of ether oxygens (including phenoxy) is 2. The topological polar surface area (TPSA) is 76.2 Å². The minimum absolute atomic E-state index is 0.0516. The molecule has 6 heteroatoms. The quantitative estimate of drug-likeness (QED) is 0.358. The number of carbonyl (C=O) groups excluding carboxylic acids is 1. The summed E-state index contributed by atoms with van der Waals surface area (Å²) in [6.07, 6.45) is 4.36. The molecular weight excluding hydrogens is 390 g/mol. The monoisotopic (exact) mass is 415 g/mol. The Kier molecular flexibility index (Phi) is 6.17. The second-order valence-electron chi connectivity index (χ2n) is 7.20. The van der Waals surface area contributed by atoms with Gasteiger partial charge in [-0.3, -0.25) is 4.79 Å². The molecule has 0 saturated heterocycles. The van der Waals surface area contributed by atoms with Crippen molar-refractivity contribution in [3.63, 3.8) is 0 Å². The number of Topliss-reactive ketones (excluding diaryl/α,β-unsaturated/α-hetero) is 1. The van der Waals surface area contributed by atoms with E-state index in [0.717, 1.165) is 28.6 Å². The third-order valence-electron chi connectivity index (χ3n) is 5.04. The standard InChI is InChI=1S/C25H25N3O3/c1-3-13-31-23-12-11-17(15-27-23)24(28-18-7-6-8-19(14-18)30-2)25(29)21-16-26-22-10-5-4-9-20(21)22/h4-12,14-16,24,26,28H,3,13H2,1-2H3. The van der Waals surface area contributed by atoms with Crippen LogP contribution in [-0.4, -0.2) is 29.5 Å². The van der Waals surface area contributed by atoms with Crippen molar-refractivity contribution < 1.29 is 14.3 Å². The van der Waals surface area contributed by atoms with Gasteiger partial charge >= 0.3 is 0 Å². The maximum atomic E-state index is 13.7. The number of hydrogen-bond donors (Lipinski definition) is 2. The number of benzene rings is 2. The van der Waals surface area contributed by atoms with Crippen LogP contribution in [0.3, 0.4) is 0 Å². The molecular formula is C25H25N3O3. The Morgan fingerprint density at radius 3 is 2.77 bits per heavy atom. The molecule has 4 aromatic rings. The number of nitrogens with zero attached hydrogens (tertiary/aromatic N) is 1. The zero-order chi connectivity index (χ0) is 21.6. The smallest absolute Gasteiger partial charge is 0.213 e. The summed E-state index contributed by atoms with van der Waals surface area (Å²) in [4.78, 5) is 21.2. The Labute approximate surface area is 181 Å². The SMILES string of the molecule is CCCOc1ccc(C(Nc2cccc(OC)c2)C(=O)c2c[nH]c3ccccc23)cn1. The van der Waals surface area contributed by atoms with Crippen LogP contribution in [0.5, 0.6) is 11.6 Å². The van der Waals surface area contributed by atoms with Crippen LogP contribution < -0.4 is 14.8 Å². The highest BCUT2D eigenvalue weighted by molar-refractivity contribution is 6.11. The van der Waals surface area contributed by atoms with Gasteiger partial charge in [-0.1, -0.05) is 31.2 Å². The summed E-state index contributed by atoms with van der Waals surface area (Å²) >= 11 is 0. The molecule has 0 aliphatic carbocycles. The molecule has 0 aliphatic rings. The summed E-state index contributed by atoms with van der Waals surface area (Å²) in [5.74, 6) is 1.21. The maximum Gasteiger partial charge on any atom is 0.213 e. The van der Waals surface area contributed by atoms with Crippen LogP contribution in [0.15, 0.2) is 73.1 Å². The van der Waals surface area contributed by atoms with Gasteiger partial charge in [-0.15, -0.1) is 0 Å². The number of fused-ring (bicyclic) bond motifs is 1. The Morgan fingerprint density at radius 1 is 1.13 bits per heavy atom. The third kappa shape index (κ3) is 4.53. The predicted octanol–water partition coefficient (Wildman–Crippen LogP) is 5.40. The Balaban J connectivity index is 1.70. The first-order valence-electron chi connectivity index (χ1n) is 10.3. The zero-order valence-corrected chi connectivity index (χ0v) is 17.6. The van der Waals surface area contributed by atoms with E-state index >= 15 is 0 Å². The van der Waals surface area contributed by atoms with Crippen LogP contribution in [0.1, 0.15) is 35.3 Å². The fourth-order valence-electron chi connectivity index (χ4n) is 3.47. The third-order valence-corrected chi connectivity index (χ3v) is 5.04. The van der Waals surface area contributed by atoms with Crippen molar-refractivity contribution in [2.75, 3.05) is 19.0 Å². The van der Waals surface area contributed by atoms with Gasteiger partial charge in [-0.25, -0.2) is 4.98 Å². The largest absolute Gasteiger partial charge is 0.497 e. The number of pyridine rings is 1. The second kappa shape index (κ2) is 9.34. The van der Waals surface area contributed by atoms with Gasteiger partial charge in [0.2, 0.25) is 5.88 Å². The lowest BCUT2D eigenvalue weighted by Gasteiger charge is -2.20. The minimum atomic E-state index is -0.626. The van der Waals surface area contributed by atoms with E-state index in [0.29, 0.717) is 23.8 Å². The molecule has 2 aromatic heterocycles. The minimum Gasteiger partial charge on any atom is -0.497 e. The first-order valence-corrected chi connectivity index (χ1v) is 10.3. The molecule has 6 nitrogen and oxygen atoms in total. The van der Waals surface area contributed by atoms with Crippen LogP contribution in [0, 0.1) is 0 Å². The van der Waals surface area contributed by atoms with Gasteiger partial charge in [0.1, 0.15) is 11.8 Å². The maximum absolute atomic E-state index is 13.7. The molecule has 0 amide bonds. The Morgan fingerprint density at radius 2 is 2.00 bits per heavy atom. The van der Waals surface area contributed by atoms with Gasteiger partial charge in [0.25, 0.3) is 0 Å². The highest BCUT2D eigenvalue weighted by Crippen LogP contribution is 2.29. The van der Waals surface area contributed by atoms with Gasteiger partial charge < -0.3 is 19.8 Å². The van der Waals surface area contributed by atoms with Crippen LogP contribution in [0.2, 0.25) is 0 Å². The number of anilines is 1. The summed E-state index contributed by atoms with van der Waals surface area (Å²) in [7, 11) is 1.62. The lowest BCUT2D eigenvalue weighted by molar-refractivity contribution is 0.0971. The number of ketones is 1. The number of carbonyl (C=O) groups is 1. The molecule has 4 rings (SSSR count). The van der Waals surface area contributed by atoms with E-state index < -0.39 is 6.04 Å². The van der Waals surface area contributed by atoms with Crippen molar-refractivity contribution in [2.45, 2.75) is 19.4 Å². The fraction of sp³-hybridized carbons (Fsp3) is 0.200. The van der Waals surface area contributed by atoms with Crippen molar-refractivity contribution in [1.82, 2.24) is 9.97 Å². The molecule has 0 saturated carbocycles. The van der Waals surface area contributed by atoms with Crippen molar-refractivity contribution in [1.29, 1.82) is 0 Å². The average Bonchev–Trinajstić information content (AvgIpc) is 3.25. The van der Waals surface area contributed by atoms with Gasteiger partial charge in [0.15, 0.2) is 5.78 Å². The van der Waals surface area contributed by atoms with Crippen molar-refractivity contribution in [2.24, 2.45) is 0 Å². The van der Waals surface area contributed by atoms with E-state index in [1.54, 1.807) is 25.6 Å². The number of nitrogens with one attached hydrogen (secondary N) is 2. The number of aromatic amines is 1. The number of para-hydroxylation sites is 1. The van der Waals surface area contributed by atoms with Crippen LogP contribution in [-0.2, 0) is 0 Å². The summed E-state index contributed by atoms with van der Waals surface area (Å²) in [5, 5.41) is 4.25. The number of rotatable bonds is 9. The number of aromatic nitrogens is 2. The van der Waals surface area contributed by atoms with Crippen LogP contribution >= 0.6 is 0 Å². The molecule has 2 N–H and O–H groups in total. The van der Waals surface area contributed by atoms with Gasteiger partial charge in [0.05, 0.1) is 13.7 Å². The van der Waals surface area contributed by atoms with E-state index in [1.165, 1.54) is 0 Å². The molecule has 2 heterocycles. The predicted molar refractivity (Wildman–Crippen MR) is 122 cm³/mol. The number of H-pyrrole nitrogens is 1. The molecule has 0 fully saturated rings. The molecule has 1 atom stereocenters. The average molecular weight is 415 g/mol. The molecule has 2 aromatic carbocycles. The normalized spacial score (nSPS) is 11.8. The molecule has 0 aliphatic heterocycles. The van der Waals surface area contributed by atoms with E-state index in [9.17, 15) is 4.79 Å². The van der Waals surface area contributed by atoms with E-state index in [1.807, 2.05) is 61.5 Å². The van der Waals surface area contributed by atoms with Crippen LogP contribution in [0.4, 0.5) is 5.69 Å². The number of hydrogen-bond acceptors (Lipinski definition) is 5. The van der Waals surface area contributed by atoms with Gasteiger partial charge in [0, 0.05) is 52.2 Å². The lowest BCUT2D eigenvalue weighted by atomic mass is 9.97. The van der Waals surface area contributed by atoms with Crippen molar-refractivity contribution in [3.8, 4) is 11.6 Å². The second-order valence-corrected chi connectivity index (χ2v) is 7.20. The fourth-order valence-corrected chi connectivity index (χ4v) is 3.47. The summed E-state index contributed by atoms with van der Waals surface area (Å²) in [6.45, 7) is 2.65. The first kappa shape index (κ1) is 20.5. The van der Waals surface area contributed by atoms with Crippen molar-refractivity contribution in [3.05, 3.63) is 84.2 Å². The highest BCUT2D eigenvalue weighted by atomic mass is 16.5. The van der Waals surface area contributed by atoms with Crippen molar-refractivity contribution >= 4 is 22.4 Å². The first-order chi connectivity index (χ1) is 15.2. The molecule has 0 spiro atoms. The van der Waals surface area contributed by atoms with Gasteiger partial charge in [-0.2, -0.15) is 0 Å². The molecule has 0 bridgehead atoms. The summed E-state index contributed by atoms with van der Waals surface area (Å²) < 4.78 is 10.9. The van der Waals surface area contributed by atoms with E-state index in [2.05, 4.69) is 15.3 Å². The molecule has 1 unspecified atom stereocenters. The van der Waals surface area contributed by atoms with E-state index in [-0.39, 0.29) is 5.78 Å². The molecule has 31 heavy (non-hydrogen) atoms. The zero-order valence-electron chi connectivity index (χ0n) is 17.6. The van der Waals surface area contributed by atoms with Crippen LogP contribution in [0.25, 0.3) is 10.9 Å². The van der Waals surface area contributed by atoms with Gasteiger partial charge in [-0.05, 0) is 30.7 Å². The summed E-state index contributed by atoms with van der Waals surface area (Å²) in [6, 6.07) is 18.3. The Bertz CT molecular complexity index is 1170. The van der Waals surface area contributed by atoms with E-state index in [4.69, 9.17) is 9.47 Å². The summed E-state index contributed by atoms with van der Waals surface area (Å²) in [5.41, 5.74) is 3.08. The lowest BCUT2D eigenvalue weighted by Crippen LogP contribution is -2.21. The number of methoxy groups -OCH3 is 1. The molecule has 0 radical (unpaired) electrons. The Hall–Kier alpha value is -3.80. The molecule has 158 valence electrons.